The average Bonchev–Trinajstić information content (AvgIpc) is 3.94. The summed E-state index contributed by atoms with van der Waals surface area (Å²) in [5.41, 5.74) is -0.925. The van der Waals surface area contributed by atoms with E-state index in [1.165, 1.54) is 14.2 Å². The highest BCUT2D eigenvalue weighted by Gasteiger charge is 2.53. The highest BCUT2D eigenvalue weighted by molar-refractivity contribution is 5.80. The first-order valence-corrected chi connectivity index (χ1v) is 26.5. The molecule has 0 radical (unpaired) electrons. The SMILES string of the molecule is COc1cc([C@@H]2c3cc4c(cc3[C@@H](NC(=O)NCCCN(CCCN(CCCCN(CCCNC(=O)OC(C)(C)C)C(=O)OC(C)(C)C)C(=O)OC(C)(C)C)C(=O)OC(C)(C)C)[C@H]3COC(=O)[C@H]23)OCO4)cc(OC)c1O. The number of phenolic OH excluding ortho intramolecular Hbond substituents is 1. The van der Waals surface area contributed by atoms with Crippen LogP contribution in [0, 0.1) is 11.8 Å². The lowest BCUT2D eigenvalue weighted by molar-refractivity contribution is -0.141. The standard InChI is InChI=1S/C55H84N6O16/c1-52(2,3)74-48(65)57-21-18-25-59(49(66)75-53(4,5)6)22-15-16-23-60(50(67)76-54(7,8)9)26-19-27-61(51(68)77-55(10,11)12)24-17-20-56-47(64)58-44-36-31-39-38(72-33-73-39)30-35(36)42(43-37(44)32-71-46(43)63)34-28-40(69-13)45(62)41(29-34)70-14/h28-31,37,42-44,62H,15-27,32-33H2,1-14H3,(H,57,65)(H2,56,58,64)/t37-,42+,43-,44+/m0/s1. The molecule has 0 bridgehead atoms. The van der Waals surface area contributed by atoms with Crippen molar-refractivity contribution in [1.82, 2.24) is 30.7 Å². The van der Waals surface area contributed by atoms with Crippen molar-refractivity contribution in [2.24, 2.45) is 11.8 Å². The van der Waals surface area contributed by atoms with Crippen LogP contribution in [0.25, 0.3) is 0 Å². The molecule has 2 aromatic carbocycles. The van der Waals surface area contributed by atoms with Gasteiger partial charge in [-0.15, -0.1) is 0 Å². The smallest absolute Gasteiger partial charge is 0.410 e. The van der Waals surface area contributed by atoms with Crippen molar-refractivity contribution in [2.45, 2.75) is 150 Å². The van der Waals surface area contributed by atoms with Crippen molar-refractivity contribution in [3.8, 4) is 28.7 Å². The first-order valence-electron chi connectivity index (χ1n) is 26.5. The van der Waals surface area contributed by atoms with Crippen molar-refractivity contribution in [3.05, 3.63) is 41.0 Å². The second-order valence-electron chi connectivity index (χ2n) is 23.4. The molecular formula is C55H84N6O16. The van der Waals surface area contributed by atoms with Crippen LogP contribution in [-0.2, 0) is 28.5 Å². The van der Waals surface area contributed by atoms with Crippen LogP contribution in [0.3, 0.4) is 0 Å². The number of carbonyl (C=O) groups is 6. The minimum atomic E-state index is -0.798. The molecule has 77 heavy (non-hydrogen) atoms. The second-order valence-corrected chi connectivity index (χ2v) is 23.4. The van der Waals surface area contributed by atoms with Crippen LogP contribution in [0.15, 0.2) is 24.3 Å². The number of hydrogen-bond donors (Lipinski definition) is 4. The topological polar surface area (TPSA) is 252 Å². The maximum Gasteiger partial charge on any atom is 0.410 e. The maximum atomic E-state index is 13.8. The Bertz CT molecular complexity index is 2360. The summed E-state index contributed by atoms with van der Waals surface area (Å²) in [6.45, 7) is 23.5. The number of aromatic hydroxyl groups is 1. The van der Waals surface area contributed by atoms with Gasteiger partial charge < -0.3 is 78.4 Å². The quantitative estimate of drug-likeness (QED) is 0.0519. The molecular weight excluding hydrogens is 1000 g/mol. The molecule has 22 nitrogen and oxygen atoms in total. The van der Waals surface area contributed by atoms with Crippen LogP contribution in [0.1, 0.15) is 144 Å². The monoisotopic (exact) mass is 1080 g/mol. The molecule has 3 aliphatic rings. The molecule has 1 saturated heterocycles. The number of nitrogens with zero attached hydrogens (tertiary/aromatic N) is 3. The first kappa shape index (κ1) is 61.1. The van der Waals surface area contributed by atoms with E-state index in [1.54, 1.807) is 110 Å². The molecule has 4 N–H and O–H groups in total. The summed E-state index contributed by atoms with van der Waals surface area (Å²) < 4.78 is 50.7. The van der Waals surface area contributed by atoms with E-state index in [0.717, 1.165) is 0 Å². The summed E-state index contributed by atoms with van der Waals surface area (Å²) in [4.78, 5) is 84.9. The summed E-state index contributed by atoms with van der Waals surface area (Å²) in [5, 5.41) is 19.5. The fraction of sp³-hybridized carbons (Fsp3) is 0.673. The lowest BCUT2D eigenvalue weighted by Gasteiger charge is -2.39. The first-order chi connectivity index (χ1) is 36.0. The normalized spacial score (nSPS) is 17.7. The van der Waals surface area contributed by atoms with Gasteiger partial charge >= 0.3 is 36.4 Å². The molecule has 1 aliphatic carbocycles. The predicted molar refractivity (Wildman–Crippen MR) is 284 cm³/mol. The molecule has 0 unspecified atom stereocenters. The van der Waals surface area contributed by atoms with E-state index >= 15 is 0 Å². The largest absolute Gasteiger partial charge is 0.502 e. The van der Waals surface area contributed by atoms with Gasteiger partial charge in [-0.2, -0.15) is 0 Å². The fourth-order valence-corrected chi connectivity index (χ4v) is 9.20. The van der Waals surface area contributed by atoms with Gasteiger partial charge in [0, 0.05) is 64.2 Å². The zero-order valence-corrected chi connectivity index (χ0v) is 47.6. The van der Waals surface area contributed by atoms with Gasteiger partial charge in [0.2, 0.25) is 12.5 Å². The highest BCUT2D eigenvalue weighted by Crippen LogP contribution is 2.55. The summed E-state index contributed by atoms with van der Waals surface area (Å²) in [6, 6.07) is 5.73. The number of benzene rings is 2. The van der Waals surface area contributed by atoms with E-state index < -0.39 is 82.6 Å². The Balaban J connectivity index is 1.22. The summed E-state index contributed by atoms with van der Waals surface area (Å²) in [5.74, 6) is -1.20. The zero-order valence-electron chi connectivity index (χ0n) is 47.6. The number of cyclic esters (lactones) is 1. The van der Waals surface area contributed by atoms with Crippen LogP contribution in [0.2, 0.25) is 0 Å². The van der Waals surface area contributed by atoms with E-state index in [0.29, 0.717) is 79.9 Å². The summed E-state index contributed by atoms with van der Waals surface area (Å²) in [6.07, 6.45) is 0.116. The molecule has 5 rings (SSSR count). The van der Waals surface area contributed by atoms with E-state index in [1.807, 2.05) is 12.1 Å². The lowest BCUT2D eigenvalue weighted by atomic mass is 9.65. The average molecular weight is 1090 g/mol. The number of rotatable bonds is 21. The zero-order chi connectivity index (χ0) is 57.0. The van der Waals surface area contributed by atoms with Crippen LogP contribution >= 0.6 is 0 Å². The van der Waals surface area contributed by atoms with Gasteiger partial charge in [-0.1, -0.05) is 0 Å². The molecule has 6 amide bonds. The van der Waals surface area contributed by atoms with Gasteiger partial charge in [0.1, 0.15) is 22.4 Å². The van der Waals surface area contributed by atoms with Crippen molar-refractivity contribution in [1.29, 1.82) is 0 Å². The molecule has 2 heterocycles. The number of nitrogens with one attached hydrogen (secondary N) is 3. The Morgan fingerprint density at radius 3 is 1.47 bits per heavy atom. The Morgan fingerprint density at radius 1 is 0.584 bits per heavy atom. The summed E-state index contributed by atoms with van der Waals surface area (Å²) in [7, 11) is 2.84. The van der Waals surface area contributed by atoms with Crippen LogP contribution in [0.5, 0.6) is 28.7 Å². The maximum absolute atomic E-state index is 13.8. The van der Waals surface area contributed by atoms with Crippen molar-refractivity contribution >= 4 is 36.4 Å². The number of alkyl carbamates (subject to hydrolysis) is 1. The molecule has 430 valence electrons. The van der Waals surface area contributed by atoms with E-state index in [2.05, 4.69) is 16.0 Å². The Kier molecular flexibility index (Phi) is 20.7. The molecule has 22 heteroatoms. The number of phenols is 1. The Hall–Kier alpha value is -6.74. The van der Waals surface area contributed by atoms with Gasteiger partial charge in [-0.25, -0.2) is 24.0 Å². The molecule has 0 aromatic heterocycles. The van der Waals surface area contributed by atoms with Gasteiger partial charge in [-0.3, -0.25) is 4.79 Å². The molecule has 4 atom stereocenters. The van der Waals surface area contributed by atoms with Crippen LogP contribution in [0.4, 0.5) is 24.0 Å². The number of esters is 1. The number of urea groups is 1. The van der Waals surface area contributed by atoms with E-state index in [9.17, 15) is 33.9 Å². The van der Waals surface area contributed by atoms with Crippen molar-refractivity contribution in [2.75, 3.05) is 80.0 Å². The number of methoxy groups -OCH3 is 2. The van der Waals surface area contributed by atoms with Crippen molar-refractivity contribution in [3.63, 3.8) is 0 Å². The third-order valence-corrected chi connectivity index (χ3v) is 12.4. The molecule has 0 saturated carbocycles. The third-order valence-electron chi connectivity index (χ3n) is 12.4. The fourth-order valence-electron chi connectivity index (χ4n) is 9.20. The second kappa shape index (κ2) is 26.1. The van der Waals surface area contributed by atoms with Crippen LogP contribution in [-0.4, -0.2) is 159 Å². The Morgan fingerprint density at radius 2 is 1.01 bits per heavy atom. The van der Waals surface area contributed by atoms with E-state index in [-0.39, 0.29) is 63.4 Å². The third kappa shape index (κ3) is 18.2. The van der Waals surface area contributed by atoms with Crippen molar-refractivity contribution < 1.29 is 76.5 Å². The predicted octanol–water partition coefficient (Wildman–Crippen LogP) is 8.60. The van der Waals surface area contributed by atoms with Gasteiger partial charge in [0.05, 0.1) is 32.8 Å². The Labute approximate surface area is 453 Å². The van der Waals surface area contributed by atoms with Crippen LogP contribution < -0.4 is 34.9 Å². The minimum absolute atomic E-state index is 0.00151. The van der Waals surface area contributed by atoms with Gasteiger partial charge in [0.15, 0.2) is 23.0 Å². The number of hydrogen-bond acceptors (Lipinski definition) is 16. The molecule has 1 fully saturated rings. The molecule has 2 aliphatic heterocycles. The van der Waals surface area contributed by atoms with Gasteiger partial charge in [0.25, 0.3) is 0 Å². The molecule has 0 spiro atoms. The minimum Gasteiger partial charge on any atom is -0.502 e. The number of carbonyl (C=O) groups excluding carboxylic acids is 6. The molecule has 2 aromatic rings. The number of fused-ring (bicyclic) bond motifs is 3. The number of unbranched alkanes of at least 4 members (excludes halogenated alkanes) is 1. The lowest BCUT2D eigenvalue weighted by Crippen LogP contribution is -2.46. The number of ether oxygens (including phenoxy) is 9. The number of amides is 6. The summed E-state index contributed by atoms with van der Waals surface area (Å²) >= 11 is 0. The van der Waals surface area contributed by atoms with Gasteiger partial charge in [-0.05, 0) is 156 Å². The highest BCUT2D eigenvalue weighted by atomic mass is 16.7. The van der Waals surface area contributed by atoms with E-state index in [4.69, 9.17) is 42.6 Å².